The molecule has 0 radical (unpaired) electrons. The molecule has 21 heavy (non-hydrogen) atoms. The number of hydrogen-bond acceptors (Lipinski definition) is 1. The van der Waals surface area contributed by atoms with Gasteiger partial charge in [-0.3, -0.25) is 4.98 Å². The third-order valence-electron chi connectivity index (χ3n) is 3.40. The molecule has 0 aliphatic heterocycles. The Morgan fingerprint density at radius 2 is 1.48 bits per heavy atom. The van der Waals surface area contributed by atoms with E-state index in [9.17, 15) is 0 Å². The van der Waals surface area contributed by atoms with E-state index in [0.29, 0.717) is 0 Å². The number of pyridine rings is 1. The Kier molecular flexibility index (Phi) is 4.51. The van der Waals surface area contributed by atoms with Crippen LogP contribution in [-0.4, -0.2) is 4.98 Å². The van der Waals surface area contributed by atoms with E-state index in [1.807, 2.05) is 24.4 Å². The molecule has 1 heterocycles. The van der Waals surface area contributed by atoms with Gasteiger partial charge in [0.05, 0.1) is 11.6 Å². The number of rotatable bonds is 3. The minimum atomic E-state index is 0.120. The summed E-state index contributed by atoms with van der Waals surface area (Å²) in [7, 11) is 0. The fourth-order valence-electron chi connectivity index (χ4n) is 2.42. The van der Waals surface area contributed by atoms with Crippen molar-refractivity contribution in [2.75, 3.05) is 0 Å². The monoisotopic (exact) mass is 401 g/mol. The molecule has 1 unspecified atom stereocenters. The van der Waals surface area contributed by atoms with Gasteiger partial charge in [-0.2, -0.15) is 0 Å². The highest BCUT2D eigenvalue weighted by Crippen LogP contribution is 2.35. The number of hydrogen-bond donors (Lipinski definition) is 0. The second-order valence-corrected chi connectivity index (χ2v) is 6.53. The van der Waals surface area contributed by atoms with Crippen LogP contribution >= 0.6 is 31.9 Å². The van der Waals surface area contributed by atoms with Gasteiger partial charge in [-0.25, -0.2) is 0 Å². The number of benzene rings is 2. The van der Waals surface area contributed by atoms with Crippen LogP contribution in [0.4, 0.5) is 0 Å². The van der Waals surface area contributed by atoms with Gasteiger partial charge in [0.15, 0.2) is 0 Å². The van der Waals surface area contributed by atoms with Crippen LogP contribution in [0.25, 0.3) is 0 Å². The Bertz CT molecular complexity index is 724. The normalized spacial score (nSPS) is 12.1. The maximum atomic E-state index is 4.56. The molecule has 0 N–H and O–H groups in total. The zero-order valence-corrected chi connectivity index (χ0v) is 14.4. The van der Waals surface area contributed by atoms with Gasteiger partial charge in [-0.15, -0.1) is 0 Å². The second-order valence-electron chi connectivity index (χ2n) is 4.76. The van der Waals surface area contributed by atoms with Crippen molar-refractivity contribution in [3.05, 3.63) is 98.7 Å². The number of aromatic nitrogens is 1. The van der Waals surface area contributed by atoms with Crippen LogP contribution in [0.5, 0.6) is 0 Å². The predicted octanol–water partition coefficient (Wildman–Crippen LogP) is 5.79. The van der Waals surface area contributed by atoms with Gasteiger partial charge in [0.25, 0.3) is 0 Å². The fourth-order valence-corrected chi connectivity index (χ4v) is 3.20. The molecule has 3 heteroatoms. The van der Waals surface area contributed by atoms with Gasteiger partial charge in [-0.05, 0) is 41.5 Å². The Hall–Kier alpha value is -1.45. The maximum Gasteiger partial charge on any atom is 0.0524 e. The van der Waals surface area contributed by atoms with Gasteiger partial charge in [0, 0.05) is 15.1 Å². The molecule has 0 saturated heterocycles. The predicted molar refractivity (Wildman–Crippen MR) is 93.5 cm³/mol. The van der Waals surface area contributed by atoms with Crippen LogP contribution in [0, 0.1) is 0 Å². The topological polar surface area (TPSA) is 12.9 Å². The van der Waals surface area contributed by atoms with Crippen molar-refractivity contribution < 1.29 is 0 Å². The summed E-state index contributed by atoms with van der Waals surface area (Å²) in [6, 6.07) is 22.8. The molecule has 3 aromatic rings. The summed E-state index contributed by atoms with van der Waals surface area (Å²) in [5, 5.41) is 0. The van der Waals surface area contributed by atoms with Gasteiger partial charge >= 0.3 is 0 Å². The zero-order valence-electron chi connectivity index (χ0n) is 11.2. The first-order valence-corrected chi connectivity index (χ1v) is 8.25. The highest BCUT2D eigenvalue weighted by molar-refractivity contribution is 9.10. The Labute approximate surface area is 141 Å². The second kappa shape index (κ2) is 6.54. The molecule has 0 fully saturated rings. The SMILES string of the molecule is Brc1ccc(C(c2ccccn2)c2ccccc2Br)cc1. The Morgan fingerprint density at radius 3 is 2.14 bits per heavy atom. The molecule has 1 atom stereocenters. The lowest BCUT2D eigenvalue weighted by atomic mass is 9.88. The van der Waals surface area contributed by atoms with Crippen molar-refractivity contribution in [3.63, 3.8) is 0 Å². The van der Waals surface area contributed by atoms with Crippen LogP contribution in [0.15, 0.2) is 81.9 Å². The van der Waals surface area contributed by atoms with Gasteiger partial charge in [0.1, 0.15) is 0 Å². The number of halogens is 2. The molecule has 0 saturated carbocycles. The summed E-state index contributed by atoms with van der Waals surface area (Å²) >= 11 is 7.17. The lowest BCUT2D eigenvalue weighted by Crippen LogP contribution is -2.06. The highest BCUT2D eigenvalue weighted by Gasteiger charge is 2.19. The molecule has 2 aromatic carbocycles. The first-order valence-electron chi connectivity index (χ1n) is 6.66. The summed E-state index contributed by atoms with van der Waals surface area (Å²) in [6.07, 6.45) is 1.85. The van der Waals surface area contributed by atoms with Crippen molar-refractivity contribution in [3.8, 4) is 0 Å². The molecule has 0 aliphatic carbocycles. The Balaban J connectivity index is 2.16. The van der Waals surface area contributed by atoms with Crippen molar-refractivity contribution in [1.82, 2.24) is 4.98 Å². The molecule has 0 spiro atoms. The van der Waals surface area contributed by atoms with E-state index in [1.54, 1.807) is 0 Å². The first kappa shape index (κ1) is 14.5. The van der Waals surface area contributed by atoms with Crippen molar-refractivity contribution in [2.45, 2.75) is 5.92 Å². The van der Waals surface area contributed by atoms with Crippen molar-refractivity contribution in [1.29, 1.82) is 0 Å². The zero-order chi connectivity index (χ0) is 14.7. The lowest BCUT2D eigenvalue weighted by Gasteiger charge is -2.19. The first-order chi connectivity index (χ1) is 10.3. The molecule has 0 bridgehead atoms. The largest absolute Gasteiger partial charge is 0.260 e. The van der Waals surface area contributed by atoms with E-state index in [1.165, 1.54) is 11.1 Å². The average molecular weight is 403 g/mol. The third-order valence-corrected chi connectivity index (χ3v) is 4.65. The fraction of sp³-hybridized carbons (Fsp3) is 0.0556. The summed E-state index contributed by atoms with van der Waals surface area (Å²) in [5.74, 6) is 0.120. The van der Waals surface area contributed by atoms with E-state index < -0.39 is 0 Å². The molecule has 3 rings (SSSR count). The molecule has 1 nitrogen and oxygen atoms in total. The molecule has 0 aliphatic rings. The van der Waals surface area contributed by atoms with Gasteiger partial charge < -0.3 is 0 Å². The van der Waals surface area contributed by atoms with Crippen LogP contribution in [-0.2, 0) is 0 Å². The van der Waals surface area contributed by atoms with Crippen molar-refractivity contribution in [2.24, 2.45) is 0 Å². The van der Waals surface area contributed by atoms with Gasteiger partial charge in [0.2, 0.25) is 0 Å². The summed E-state index contributed by atoms with van der Waals surface area (Å²) < 4.78 is 2.18. The van der Waals surface area contributed by atoms with Crippen molar-refractivity contribution >= 4 is 31.9 Å². The highest BCUT2D eigenvalue weighted by atomic mass is 79.9. The quantitative estimate of drug-likeness (QED) is 0.540. The average Bonchev–Trinajstić information content (AvgIpc) is 2.52. The molecule has 104 valence electrons. The summed E-state index contributed by atoms with van der Waals surface area (Å²) in [6.45, 7) is 0. The van der Waals surface area contributed by atoms with E-state index in [-0.39, 0.29) is 5.92 Å². The minimum Gasteiger partial charge on any atom is -0.260 e. The van der Waals surface area contributed by atoms with E-state index >= 15 is 0 Å². The minimum absolute atomic E-state index is 0.120. The standard InChI is InChI=1S/C18H13Br2N/c19-14-10-8-13(9-11-14)18(17-7-3-4-12-21-17)15-5-1-2-6-16(15)20/h1-12,18H. The molecular formula is C18H13Br2N. The van der Waals surface area contributed by atoms with Crippen LogP contribution in [0.1, 0.15) is 22.7 Å². The molecule has 0 amide bonds. The van der Waals surface area contributed by atoms with Gasteiger partial charge in [-0.1, -0.05) is 68.3 Å². The van der Waals surface area contributed by atoms with Crippen LogP contribution < -0.4 is 0 Å². The van der Waals surface area contributed by atoms with Crippen LogP contribution in [0.2, 0.25) is 0 Å². The summed E-state index contributed by atoms with van der Waals surface area (Å²) in [5.41, 5.74) is 3.49. The van der Waals surface area contributed by atoms with E-state index in [0.717, 1.165) is 14.6 Å². The smallest absolute Gasteiger partial charge is 0.0524 e. The molecular weight excluding hydrogens is 390 g/mol. The maximum absolute atomic E-state index is 4.56. The lowest BCUT2D eigenvalue weighted by molar-refractivity contribution is 0.913. The summed E-state index contributed by atoms with van der Waals surface area (Å²) in [4.78, 5) is 4.56. The van der Waals surface area contributed by atoms with Crippen LogP contribution in [0.3, 0.4) is 0 Å². The molecule has 1 aromatic heterocycles. The van der Waals surface area contributed by atoms with E-state index in [2.05, 4.69) is 85.4 Å². The Morgan fingerprint density at radius 1 is 0.762 bits per heavy atom. The number of nitrogens with zero attached hydrogens (tertiary/aromatic N) is 1. The third kappa shape index (κ3) is 3.25. The van der Waals surface area contributed by atoms with E-state index in [4.69, 9.17) is 0 Å².